The Bertz CT molecular complexity index is 829. The van der Waals surface area contributed by atoms with Crippen molar-refractivity contribution in [3.63, 3.8) is 0 Å². The molecule has 2 rings (SSSR count). The lowest BCUT2D eigenvalue weighted by atomic mass is 9.98. The maximum absolute atomic E-state index is 12.1. The van der Waals surface area contributed by atoms with Crippen LogP contribution in [0.2, 0.25) is 5.04 Å². The quantitative estimate of drug-likeness (QED) is 0.183. The summed E-state index contributed by atoms with van der Waals surface area (Å²) in [4.78, 5) is 12.1. The van der Waals surface area contributed by atoms with E-state index in [1.54, 1.807) is 6.92 Å². The van der Waals surface area contributed by atoms with E-state index in [0.717, 1.165) is 23.2 Å². The van der Waals surface area contributed by atoms with Crippen molar-refractivity contribution in [3.8, 4) is 0 Å². The van der Waals surface area contributed by atoms with Crippen LogP contribution in [0.15, 0.2) is 60.7 Å². The van der Waals surface area contributed by atoms with Crippen LogP contribution in [0.4, 0.5) is 0 Å². The fourth-order valence-electron chi connectivity index (χ4n) is 4.30. The van der Waals surface area contributed by atoms with Gasteiger partial charge in [0.15, 0.2) is 6.10 Å². The lowest BCUT2D eigenvalue weighted by molar-refractivity contribution is -0.164. The number of aliphatic hydroxyl groups is 1. The minimum absolute atomic E-state index is 0.0625. The molecule has 2 aromatic rings. The highest BCUT2D eigenvalue weighted by molar-refractivity contribution is 6.99. The molecule has 0 radical (unpaired) electrons. The Morgan fingerprint density at radius 2 is 1.54 bits per heavy atom. The molecule has 0 saturated heterocycles. The summed E-state index contributed by atoms with van der Waals surface area (Å²) in [5.41, 5.74) is 0. The molecule has 0 fully saturated rings. The molecule has 2 aromatic carbocycles. The third-order valence-corrected chi connectivity index (χ3v) is 11.4. The van der Waals surface area contributed by atoms with E-state index >= 15 is 0 Å². The monoisotopic (exact) mass is 502 g/mol. The summed E-state index contributed by atoms with van der Waals surface area (Å²) in [5, 5.41) is 12.7. The molecule has 0 aliphatic heterocycles. The van der Waals surface area contributed by atoms with Crippen molar-refractivity contribution in [1.82, 2.24) is 0 Å². The van der Waals surface area contributed by atoms with E-state index in [1.165, 1.54) is 7.11 Å². The van der Waals surface area contributed by atoms with Crippen LogP contribution >= 0.6 is 0 Å². The van der Waals surface area contributed by atoms with E-state index in [-0.39, 0.29) is 18.4 Å². The van der Waals surface area contributed by atoms with Crippen molar-refractivity contribution in [2.45, 2.75) is 64.7 Å². The highest BCUT2D eigenvalue weighted by atomic mass is 28.4. The molecule has 0 unspecified atom stereocenters. The number of rotatable bonds is 14. The fourth-order valence-corrected chi connectivity index (χ4v) is 8.87. The first kappa shape index (κ1) is 29.2. The molecular formula is C28H42O6Si. The van der Waals surface area contributed by atoms with Gasteiger partial charge in [-0.1, -0.05) is 102 Å². The molecule has 0 heterocycles. The van der Waals surface area contributed by atoms with Crippen molar-refractivity contribution in [2.75, 3.05) is 27.1 Å². The SMILES string of the molecule is CCCCOCO[C@H](CO[Si](c1ccccc1)(c1ccccc1)C(C)(C)C)[C@H](C)[C@H](O)C(=O)OC. The van der Waals surface area contributed by atoms with Crippen molar-refractivity contribution in [1.29, 1.82) is 0 Å². The number of esters is 1. The molecule has 0 aromatic heterocycles. The Morgan fingerprint density at radius 1 is 1.00 bits per heavy atom. The molecule has 3 atom stereocenters. The third-order valence-electron chi connectivity index (χ3n) is 6.42. The molecule has 0 aliphatic rings. The van der Waals surface area contributed by atoms with Crippen molar-refractivity contribution < 1.29 is 28.5 Å². The van der Waals surface area contributed by atoms with Gasteiger partial charge in [0.25, 0.3) is 8.32 Å². The maximum atomic E-state index is 12.1. The molecule has 194 valence electrons. The van der Waals surface area contributed by atoms with Gasteiger partial charge in [-0.05, 0) is 21.8 Å². The normalized spacial score (nSPS) is 14.8. The molecule has 0 amide bonds. The predicted molar refractivity (Wildman–Crippen MR) is 141 cm³/mol. The average molecular weight is 503 g/mol. The first-order valence-corrected chi connectivity index (χ1v) is 14.3. The zero-order chi connectivity index (χ0) is 25.9. The second-order valence-electron chi connectivity index (χ2n) is 9.89. The number of unbranched alkanes of at least 4 members (excludes halogenated alkanes) is 1. The smallest absolute Gasteiger partial charge is 0.335 e. The van der Waals surface area contributed by atoms with Gasteiger partial charge in [0.05, 0.1) is 19.8 Å². The van der Waals surface area contributed by atoms with Gasteiger partial charge in [0.1, 0.15) is 6.79 Å². The summed E-state index contributed by atoms with van der Waals surface area (Å²) in [6.07, 6.45) is 0.0564. The van der Waals surface area contributed by atoms with Crippen LogP contribution in [-0.4, -0.2) is 58.7 Å². The van der Waals surface area contributed by atoms with Gasteiger partial charge in [0, 0.05) is 12.5 Å². The second-order valence-corrected chi connectivity index (χ2v) is 14.2. The number of carbonyl (C=O) groups excluding carboxylic acids is 1. The lowest BCUT2D eigenvalue weighted by Gasteiger charge is -2.44. The molecule has 0 bridgehead atoms. The average Bonchev–Trinajstić information content (AvgIpc) is 2.86. The largest absolute Gasteiger partial charge is 0.467 e. The third kappa shape index (κ3) is 7.48. The van der Waals surface area contributed by atoms with E-state index in [4.69, 9.17) is 18.6 Å². The Morgan fingerprint density at radius 3 is 2.00 bits per heavy atom. The number of methoxy groups -OCH3 is 1. The molecule has 35 heavy (non-hydrogen) atoms. The van der Waals surface area contributed by atoms with Crippen LogP contribution in [0.25, 0.3) is 0 Å². The summed E-state index contributed by atoms with van der Waals surface area (Å²) in [6.45, 7) is 11.3. The van der Waals surface area contributed by atoms with Gasteiger partial charge in [-0.15, -0.1) is 0 Å². The number of ether oxygens (including phenoxy) is 3. The summed E-state index contributed by atoms with van der Waals surface area (Å²) in [6, 6.07) is 20.7. The van der Waals surface area contributed by atoms with E-state index in [2.05, 4.69) is 52.0 Å². The number of aliphatic hydroxyl groups excluding tert-OH is 1. The fraction of sp³-hybridized carbons (Fsp3) is 0.536. The standard InChI is InChI=1S/C28H42O6Si/c1-7-8-19-32-21-33-25(22(2)26(29)27(30)31-6)20-34-35(28(3,4)5,23-15-11-9-12-16-23)24-17-13-10-14-18-24/h9-18,22,25-26,29H,7-8,19-21H2,1-6H3/t22-,25+,26-/m0/s1. The lowest BCUT2D eigenvalue weighted by Crippen LogP contribution is -2.67. The van der Waals surface area contributed by atoms with Crippen LogP contribution in [0, 0.1) is 5.92 Å². The van der Waals surface area contributed by atoms with E-state index in [9.17, 15) is 9.90 Å². The Hall–Kier alpha value is -2.03. The molecule has 0 spiro atoms. The van der Waals surface area contributed by atoms with Crippen molar-refractivity contribution in [3.05, 3.63) is 60.7 Å². The maximum Gasteiger partial charge on any atom is 0.335 e. The molecular weight excluding hydrogens is 460 g/mol. The second kappa shape index (κ2) is 13.9. The minimum Gasteiger partial charge on any atom is -0.467 e. The summed E-state index contributed by atoms with van der Waals surface area (Å²) in [7, 11) is -1.54. The van der Waals surface area contributed by atoms with Gasteiger partial charge < -0.3 is 23.7 Å². The van der Waals surface area contributed by atoms with Crippen LogP contribution in [0.3, 0.4) is 0 Å². The Labute approximate surface area is 211 Å². The highest BCUT2D eigenvalue weighted by Gasteiger charge is 2.50. The first-order chi connectivity index (χ1) is 16.7. The topological polar surface area (TPSA) is 74.2 Å². The van der Waals surface area contributed by atoms with Crippen LogP contribution < -0.4 is 10.4 Å². The van der Waals surface area contributed by atoms with Crippen LogP contribution in [0.5, 0.6) is 0 Å². The van der Waals surface area contributed by atoms with E-state index in [0.29, 0.717) is 6.61 Å². The van der Waals surface area contributed by atoms with Gasteiger partial charge in [-0.25, -0.2) is 4.79 Å². The molecule has 1 N–H and O–H groups in total. The summed E-state index contributed by atoms with van der Waals surface area (Å²) < 4.78 is 23.4. The zero-order valence-corrected chi connectivity index (χ0v) is 23.0. The number of hydrogen-bond acceptors (Lipinski definition) is 6. The molecule has 0 saturated carbocycles. The number of hydrogen-bond donors (Lipinski definition) is 1. The number of carbonyl (C=O) groups is 1. The Kier molecular flexibility index (Phi) is 11.6. The van der Waals surface area contributed by atoms with E-state index in [1.807, 2.05) is 36.4 Å². The molecule has 7 heteroatoms. The van der Waals surface area contributed by atoms with E-state index < -0.39 is 32.4 Å². The summed E-state index contributed by atoms with van der Waals surface area (Å²) >= 11 is 0. The minimum atomic E-state index is -2.81. The van der Waals surface area contributed by atoms with Crippen LogP contribution in [-0.2, 0) is 23.4 Å². The highest BCUT2D eigenvalue weighted by Crippen LogP contribution is 2.37. The zero-order valence-electron chi connectivity index (χ0n) is 22.0. The van der Waals surface area contributed by atoms with Crippen LogP contribution in [0.1, 0.15) is 47.5 Å². The first-order valence-electron chi connectivity index (χ1n) is 12.4. The Balaban J connectivity index is 2.41. The van der Waals surface area contributed by atoms with Crippen molar-refractivity contribution in [2.24, 2.45) is 5.92 Å². The van der Waals surface area contributed by atoms with Gasteiger partial charge in [0.2, 0.25) is 0 Å². The summed E-state index contributed by atoms with van der Waals surface area (Å²) in [5.74, 6) is -1.25. The van der Waals surface area contributed by atoms with Gasteiger partial charge in [-0.2, -0.15) is 0 Å². The van der Waals surface area contributed by atoms with Gasteiger partial charge in [-0.3, -0.25) is 0 Å². The van der Waals surface area contributed by atoms with Crippen molar-refractivity contribution >= 4 is 24.7 Å². The molecule has 6 nitrogen and oxygen atoms in total. The molecule has 0 aliphatic carbocycles. The number of benzene rings is 2. The predicted octanol–water partition coefficient (Wildman–Crippen LogP) is 3.89. The van der Waals surface area contributed by atoms with Gasteiger partial charge >= 0.3 is 5.97 Å².